The van der Waals surface area contributed by atoms with Gasteiger partial charge in [-0.3, -0.25) is 4.72 Å². The van der Waals surface area contributed by atoms with E-state index >= 15 is 0 Å². The zero-order valence-electron chi connectivity index (χ0n) is 14.2. The Morgan fingerprint density at radius 1 is 1.16 bits per heavy atom. The van der Waals surface area contributed by atoms with E-state index in [1.54, 1.807) is 30.3 Å². The number of nitrogens with one attached hydrogen (secondary N) is 2. The fourth-order valence-electron chi connectivity index (χ4n) is 2.48. The SMILES string of the molecule is CCC[C@@H](C)Nc1ccc(C(=O)O)cc1S(=O)(=O)Nc1ccccc1. The minimum Gasteiger partial charge on any atom is -0.478 e. The Hall–Kier alpha value is -2.54. The number of rotatable bonds is 8. The van der Waals surface area contributed by atoms with Gasteiger partial charge >= 0.3 is 5.97 Å². The number of para-hydroxylation sites is 1. The largest absolute Gasteiger partial charge is 0.478 e. The molecule has 0 unspecified atom stereocenters. The summed E-state index contributed by atoms with van der Waals surface area (Å²) in [5.74, 6) is -1.18. The highest BCUT2D eigenvalue weighted by atomic mass is 32.2. The van der Waals surface area contributed by atoms with Crippen LogP contribution in [0.15, 0.2) is 53.4 Å². The topological polar surface area (TPSA) is 95.5 Å². The second-order valence-electron chi connectivity index (χ2n) is 5.82. The minimum atomic E-state index is -3.94. The molecule has 0 heterocycles. The fourth-order valence-corrected chi connectivity index (χ4v) is 3.74. The molecule has 2 aromatic rings. The minimum absolute atomic E-state index is 0.0614. The molecule has 0 aromatic heterocycles. The van der Waals surface area contributed by atoms with E-state index < -0.39 is 16.0 Å². The lowest BCUT2D eigenvalue weighted by Gasteiger charge is -2.18. The molecule has 0 radical (unpaired) electrons. The van der Waals surface area contributed by atoms with E-state index in [-0.39, 0.29) is 16.5 Å². The quantitative estimate of drug-likeness (QED) is 0.664. The molecule has 1 atom stereocenters. The van der Waals surface area contributed by atoms with Gasteiger partial charge in [0.1, 0.15) is 4.90 Å². The first-order valence-corrected chi connectivity index (χ1v) is 9.53. The van der Waals surface area contributed by atoms with Crippen LogP contribution >= 0.6 is 0 Å². The smallest absolute Gasteiger partial charge is 0.335 e. The van der Waals surface area contributed by atoms with Gasteiger partial charge in [-0.1, -0.05) is 31.5 Å². The first-order valence-electron chi connectivity index (χ1n) is 8.05. The van der Waals surface area contributed by atoms with Crippen LogP contribution in [0, 0.1) is 0 Å². The molecule has 0 aliphatic carbocycles. The number of benzene rings is 2. The van der Waals surface area contributed by atoms with Crippen molar-refractivity contribution in [3.63, 3.8) is 0 Å². The maximum atomic E-state index is 12.8. The molecule has 0 aliphatic rings. The molecule has 0 spiro atoms. The van der Waals surface area contributed by atoms with Crippen LogP contribution in [0.1, 0.15) is 37.0 Å². The molecule has 0 aliphatic heterocycles. The summed E-state index contributed by atoms with van der Waals surface area (Å²) in [5, 5.41) is 12.3. The van der Waals surface area contributed by atoms with E-state index in [1.807, 2.05) is 13.8 Å². The summed E-state index contributed by atoms with van der Waals surface area (Å²) in [6.07, 6.45) is 1.82. The normalized spacial score (nSPS) is 12.4. The Morgan fingerprint density at radius 2 is 1.84 bits per heavy atom. The van der Waals surface area contributed by atoms with Gasteiger partial charge in [0, 0.05) is 11.7 Å². The maximum Gasteiger partial charge on any atom is 0.335 e. The summed E-state index contributed by atoms with van der Waals surface area (Å²) in [6.45, 7) is 4.00. The van der Waals surface area contributed by atoms with Gasteiger partial charge in [-0.15, -0.1) is 0 Å². The number of aromatic carboxylic acids is 1. The van der Waals surface area contributed by atoms with Crippen molar-refractivity contribution in [2.24, 2.45) is 0 Å². The number of hydrogen-bond donors (Lipinski definition) is 3. The van der Waals surface area contributed by atoms with Crippen LogP contribution in [0.3, 0.4) is 0 Å². The van der Waals surface area contributed by atoms with E-state index in [0.717, 1.165) is 12.8 Å². The van der Waals surface area contributed by atoms with Crippen LogP contribution in [0.25, 0.3) is 0 Å². The van der Waals surface area contributed by atoms with Crippen molar-refractivity contribution < 1.29 is 18.3 Å². The zero-order chi connectivity index (χ0) is 18.4. The number of anilines is 2. The Kier molecular flexibility index (Phi) is 6.03. The first kappa shape index (κ1) is 18.8. The molecule has 0 amide bonds. The highest BCUT2D eigenvalue weighted by molar-refractivity contribution is 7.92. The molecule has 6 nitrogen and oxygen atoms in total. The molecule has 0 saturated heterocycles. The lowest BCUT2D eigenvalue weighted by atomic mass is 10.1. The molecule has 0 bridgehead atoms. The number of carboxylic acid groups (broad SMARTS) is 1. The van der Waals surface area contributed by atoms with E-state index in [9.17, 15) is 18.3 Å². The second-order valence-corrected chi connectivity index (χ2v) is 7.47. The van der Waals surface area contributed by atoms with Gasteiger partial charge in [0.05, 0.1) is 11.3 Å². The molecule has 25 heavy (non-hydrogen) atoms. The molecule has 2 rings (SSSR count). The van der Waals surface area contributed by atoms with Gasteiger partial charge in [-0.25, -0.2) is 13.2 Å². The highest BCUT2D eigenvalue weighted by Gasteiger charge is 2.22. The van der Waals surface area contributed by atoms with Crippen LogP contribution in [-0.2, 0) is 10.0 Å². The van der Waals surface area contributed by atoms with E-state index in [2.05, 4.69) is 10.0 Å². The Labute approximate surface area is 147 Å². The van der Waals surface area contributed by atoms with Crippen LogP contribution in [0.2, 0.25) is 0 Å². The van der Waals surface area contributed by atoms with Crippen molar-refractivity contribution in [1.29, 1.82) is 0 Å². The van der Waals surface area contributed by atoms with Crippen molar-refractivity contribution in [1.82, 2.24) is 0 Å². The summed E-state index contributed by atoms with van der Waals surface area (Å²) in [7, 11) is -3.94. The third-order valence-corrected chi connectivity index (χ3v) is 5.09. The third kappa shape index (κ3) is 4.96. The average molecular weight is 362 g/mol. The summed E-state index contributed by atoms with van der Waals surface area (Å²) in [6, 6.07) is 12.6. The molecular formula is C18H22N2O4S. The second kappa shape index (κ2) is 8.02. The van der Waals surface area contributed by atoms with Crippen LogP contribution in [0.5, 0.6) is 0 Å². The molecule has 7 heteroatoms. The standard InChI is InChI=1S/C18H22N2O4S/c1-3-7-13(2)19-16-11-10-14(18(21)22)12-17(16)25(23,24)20-15-8-5-4-6-9-15/h4-6,8-13,19-20H,3,7H2,1-2H3,(H,21,22)/t13-/m1/s1. The van der Waals surface area contributed by atoms with E-state index in [0.29, 0.717) is 11.4 Å². The average Bonchev–Trinajstić information content (AvgIpc) is 2.55. The summed E-state index contributed by atoms with van der Waals surface area (Å²) in [4.78, 5) is 11.2. The van der Waals surface area contributed by atoms with Crippen molar-refractivity contribution in [3.8, 4) is 0 Å². The van der Waals surface area contributed by atoms with Crippen molar-refractivity contribution >= 4 is 27.4 Å². The lowest BCUT2D eigenvalue weighted by Crippen LogP contribution is -2.20. The third-order valence-electron chi connectivity index (χ3n) is 3.67. The number of carbonyl (C=O) groups is 1. The van der Waals surface area contributed by atoms with Crippen LogP contribution in [0.4, 0.5) is 11.4 Å². The summed E-state index contributed by atoms with van der Waals surface area (Å²) in [5.41, 5.74) is 0.715. The van der Waals surface area contributed by atoms with Crippen LogP contribution < -0.4 is 10.0 Å². The van der Waals surface area contributed by atoms with Gasteiger partial charge in [-0.05, 0) is 43.7 Å². The van der Waals surface area contributed by atoms with Gasteiger partial charge in [0.15, 0.2) is 0 Å². The number of hydrogen-bond acceptors (Lipinski definition) is 4. The highest BCUT2D eigenvalue weighted by Crippen LogP contribution is 2.26. The lowest BCUT2D eigenvalue weighted by molar-refractivity contribution is 0.0696. The Morgan fingerprint density at radius 3 is 2.44 bits per heavy atom. The number of carboxylic acids is 1. The molecule has 134 valence electrons. The first-order chi connectivity index (χ1) is 11.8. The summed E-state index contributed by atoms with van der Waals surface area (Å²) < 4.78 is 28.1. The number of sulfonamides is 1. The maximum absolute atomic E-state index is 12.8. The van der Waals surface area contributed by atoms with Gasteiger partial charge in [-0.2, -0.15) is 0 Å². The molecular weight excluding hydrogens is 340 g/mol. The Bertz CT molecular complexity index is 835. The molecule has 0 fully saturated rings. The van der Waals surface area contributed by atoms with Crippen molar-refractivity contribution in [2.75, 3.05) is 10.0 Å². The van der Waals surface area contributed by atoms with Gasteiger partial charge in [0.25, 0.3) is 10.0 Å². The fraction of sp³-hybridized carbons (Fsp3) is 0.278. The molecule has 0 saturated carbocycles. The molecule has 3 N–H and O–H groups in total. The summed E-state index contributed by atoms with van der Waals surface area (Å²) >= 11 is 0. The molecule has 2 aromatic carbocycles. The van der Waals surface area contributed by atoms with Crippen LogP contribution in [-0.4, -0.2) is 25.5 Å². The predicted octanol–water partition coefficient (Wildman–Crippen LogP) is 3.79. The Balaban J connectivity index is 2.44. The van der Waals surface area contributed by atoms with Crippen molar-refractivity contribution in [2.45, 2.75) is 37.6 Å². The van der Waals surface area contributed by atoms with E-state index in [4.69, 9.17) is 0 Å². The van der Waals surface area contributed by atoms with Gasteiger partial charge in [0.2, 0.25) is 0 Å². The van der Waals surface area contributed by atoms with Gasteiger partial charge < -0.3 is 10.4 Å². The predicted molar refractivity (Wildman–Crippen MR) is 98.6 cm³/mol. The monoisotopic (exact) mass is 362 g/mol. The van der Waals surface area contributed by atoms with Crippen molar-refractivity contribution in [3.05, 3.63) is 54.1 Å². The zero-order valence-corrected chi connectivity index (χ0v) is 15.0. The van der Waals surface area contributed by atoms with E-state index in [1.165, 1.54) is 18.2 Å².